The van der Waals surface area contributed by atoms with Gasteiger partial charge in [-0.2, -0.15) is 0 Å². The largest absolute Gasteiger partial charge is 0.475 e. The van der Waals surface area contributed by atoms with Gasteiger partial charge >= 0.3 is 0 Å². The van der Waals surface area contributed by atoms with Gasteiger partial charge in [0.05, 0.1) is 11.6 Å². The predicted molar refractivity (Wildman–Crippen MR) is 88.6 cm³/mol. The van der Waals surface area contributed by atoms with Crippen molar-refractivity contribution in [3.63, 3.8) is 0 Å². The molecule has 22 heavy (non-hydrogen) atoms. The van der Waals surface area contributed by atoms with Crippen molar-refractivity contribution in [2.45, 2.75) is 59.5 Å². The molecule has 2 aliphatic rings. The zero-order valence-corrected chi connectivity index (χ0v) is 14.1. The maximum absolute atomic E-state index is 5.93. The van der Waals surface area contributed by atoms with Crippen LogP contribution in [0.2, 0.25) is 0 Å². The van der Waals surface area contributed by atoms with Gasteiger partial charge in [-0.25, -0.2) is 15.0 Å². The number of rotatable bonds is 1. The topological polar surface area (TPSA) is 51.1 Å². The molecule has 4 rings (SSSR count). The van der Waals surface area contributed by atoms with E-state index in [1.54, 1.807) is 0 Å². The van der Waals surface area contributed by atoms with E-state index in [1.807, 2.05) is 33.8 Å². The fourth-order valence-corrected chi connectivity index (χ4v) is 3.00. The summed E-state index contributed by atoms with van der Waals surface area (Å²) in [7, 11) is 0. The summed E-state index contributed by atoms with van der Waals surface area (Å²) >= 11 is 0. The minimum atomic E-state index is 0.314. The van der Waals surface area contributed by atoms with E-state index in [4.69, 9.17) is 9.72 Å². The first kappa shape index (κ1) is 15.0. The van der Waals surface area contributed by atoms with Crippen molar-refractivity contribution in [1.82, 2.24) is 15.0 Å². The van der Waals surface area contributed by atoms with E-state index in [0.717, 1.165) is 28.2 Å². The van der Waals surface area contributed by atoms with Crippen molar-refractivity contribution < 1.29 is 4.74 Å². The van der Waals surface area contributed by atoms with E-state index in [-0.39, 0.29) is 0 Å². The van der Waals surface area contributed by atoms with E-state index >= 15 is 0 Å². The van der Waals surface area contributed by atoms with Gasteiger partial charge in [-0.15, -0.1) is 0 Å². The number of hydrogen-bond acceptors (Lipinski definition) is 5. The summed E-state index contributed by atoms with van der Waals surface area (Å²) in [6.45, 7) is 10.8. The molecular formula is C17H24N4O. The van der Waals surface area contributed by atoms with Gasteiger partial charge in [0.25, 0.3) is 0 Å². The number of nitrogens with zero attached hydrogens (tertiary/aromatic N) is 4. The highest BCUT2D eigenvalue weighted by Gasteiger charge is 2.37. The summed E-state index contributed by atoms with van der Waals surface area (Å²) in [6.07, 6.45) is 2.48. The van der Waals surface area contributed by atoms with Crippen LogP contribution in [0.3, 0.4) is 0 Å². The Bertz CT molecular complexity index is 691. The Morgan fingerprint density at radius 1 is 1.14 bits per heavy atom. The molecule has 0 saturated heterocycles. The maximum atomic E-state index is 5.93. The van der Waals surface area contributed by atoms with Crippen LogP contribution in [0.25, 0.3) is 10.9 Å². The van der Waals surface area contributed by atoms with Gasteiger partial charge in [0.2, 0.25) is 5.88 Å². The third-order valence-corrected chi connectivity index (χ3v) is 3.99. The molecule has 1 atom stereocenters. The SMILES string of the molecule is CC.Cc1cc2nc(C)nc3c2c(n1)OCC(C)N3C1CC1. The third-order valence-electron chi connectivity index (χ3n) is 3.99. The Morgan fingerprint density at radius 3 is 2.55 bits per heavy atom. The molecule has 0 radical (unpaired) electrons. The van der Waals surface area contributed by atoms with Gasteiger partial charge in [-0.05, 0) is 39.7 Å². The second-order valence-electron chi connectivity index (χ2n) is 5.86. The van der Waals surface area contributed by atoms with Crippen LogP contribution in [0, 0.1) is 13.8 Å². The molecular weight excluding hydrogens is 276 g/mol. The average molecular weight is 300 g/mol. The fourth-order valence-electron chi connectivity index (χ4n) is 3.00. The van der Waals surface area contributed by atoms with Crippen molar-refractivity contribution >= 4 is 16.7 Å². The van der Waals surface area contributed by atoms with Crippen LogP contribution >= 0.6 is 0 Å². The van der Waals surface area contributed by atoms with Crippen LogP contribution in [-0.4, -0.2) is 33.6 Å². The van der Waals surface area contributed by atoms with Gasteiger partial charge in [-0.1, -0.05) is 13.8 Å². The van der Waals surface area contributed by atoms with E-state index in [9.17, 15) is 0 Å². The molecule has 1 aliphatic heterocycles. The van der Waals surface area contributed by atoms with Crippen LogP contribution in [0.5, 0.6) is 5.88 Å². The van der Waals surface area contributed by atoms with Gasteiger partial charge in [0, 0.05) is 11.7 Å². The first-order valence-electron chi connectivity index (χ1n) is 8.20. The van der Waals surface area contributed by atoms with Crippen LogP contribution in [0.15, 0.2) is 6.07 Å². The number of aryl methyl sites for hydroxylation is 2. The molecule has 5 nitrogen and oxygen atoms in total. The molecule has 1 saturated carbocycles. The molecule has 0 N–H and O–H groups in total. The van der Waals surface area contributed by atoms with Crippen LogP contribution in [0.4, 0.5) is 5.82 Å². The molecule has 2 aromatic heterocycles. The lowest BCUT2D eigenvalue weighted by Gasteiger charge is -2.28. The molecule has 0 aromatic carbocycles. The van der Waals surface area contributed by atoms with E-state index in [1.165, 1.54) is 12.8 Å². The zero-order chi connectivity index (χ0) is 15.9. The molecule has 2 aromatic rings. The minimum absolute atomic E-state index is 0.314. The number of anilines is 1. The number of pyridine rings is 1. The summed E-state index contributed by atoms with van der Waals surface area (Å²) in [5, 5.41) is 0.970. The van der Waals surface area contributed by atoms with Gasteiger partial charge in [0.1, 0.15) is 23.6 Å². The second kappa shape index (κ2) is 5.71. The Labute approximate surface area is 131 Å². The smallest absolute Gasteiger partial charge is 0.227 e. The van der Waals surface area contributed by atoms with Crippen molar-refractivity contribution in [1.29, 1.82) is 0 Å². The summed E-state index contributed by atoms with van der Waals surface area (Å²) in [5.41, 5.74) is 1.87. The third kappa shape index (κ3) is 2.49. The fraction of sp³-hybridized carbons (Fsp3) is 0.588. The van der Waals surface area contributed by atoms with Crippen LogP contribution in [0.1, 0.15) is 45.1 Å². The molecule has 1 unspecified atom stereocenters. The number of aromatic nitrogens is 3. The van der Waals surface area contributed by atoms with Gasteiger partial charge < -0.3 is 9.64 Å². The maximum Gasteiger partial charge on any atom is 0.227 e. The first-order chi connectivity index (χ1) is 10.6. The molecule has 118 valence electrons. The van der Waals surface area contributed by atoms with E-state index in [0.29, 0.717) is 24.6 Å². The second-order valence-corrected chi connectivity index (χ2v) is 5.86. The van der Waals surface area contributed by atoms with Crippen molar-refractivity contribution in [3.8, 4) is 5.88 Å². The summed E-state index contributed by atoms with van der Waals surface area (Å²) < 4.78 is 5.93. The molecule has 3 heterocycles. The first-order valence-corrected chi connectivity index (χ1v) is 8.20. The molecule has 1 aliphatic carbocycles. The Morgan fingerprint density at radius 2 is 1.86 bits per heavy atom. The Balaban J connectivity index is 0.000000693. The zero-order valence-electron chi connectivity index (χ0n) is 14.1. The van der Waals surface area contributed by atoms with E-state index in [2.05, 4.69) is 21.8 Å². The predicted octanol–water partition coefficient (Wildman–Crippen LogP) is 3.42. The minimum Gasteiger partial charge on any atom is -0.475 e. The molecule has 5 heteroatoms. The lowest BCUT2D eigenvalue weighted by atomic mass is 10.2. The number of ether oxygens (including phenoxy) is 1. The molecule has 0 bridgehead atoms. The lowest BCUT2D eigenvalue weighted by Crippen LogP contribution is -2.38. The quantitative estimate of drug-likeness (QED) is 0.807. The van der Waals surface area contributed by atoms with Crippen molar-refractivity contribution in [3.05, 3.63) is 17.6 Å². The highest BCUT2D eigenvalue weighted by Crippen LogP contribution is 2.40. The molecule has 0 amide bonds. The highest BCUT2D eigenvalue weighted by molar-refractivity contribution is 5.94. The van der Waals surface area contributed by atoms with Crippen molar-refractivity contribution in [2.24, 2.45) is 0 Å². The van der Waals surface area contributed by atoms with Gasteiger partial charge in [0.15, 0.2) is 0 Å². The van der Waals surface area contributed by atoms with Crippen molar-refractivity contribution in [2.75, 3.05) is 11.5 Å². The van der Waals surface area contributed by atoms with Crippen LogP contribution in [-0.2, 0) is 0 Å². The van der Waals surface area contributed by atoms with Crippen LogP contribution < -0.4 is 9.64 Å². The normalized spacial score (nSPS) is 20.0. The summed E-state index contributed by atoms with van der Waals surface area (Å²) in [4.78, 5) is 16.2. The van der Waals surface area contributed by atoms with E-state index < -0.39 is 0 Å². The molecule has 1 fully saturated rings. The Kier molecular flexibility index (Phi) is 3.89. The Hall–Kier alpha value is -1.91. The summed E-state index contributed by atoms with van der Waals surface area (Å²) in [5.74, 6) is 2.50. The highest BCUT2D eigenvalue weighted by atomic mass is 16.5. The number of hydrogen-bond donors (Lipinski definition) is 0. The molecule has 0 spiro atoms. The lowest BCUT2D eigenvalue weighted by molar-refractivity contribution is 0.285. The average Bonchev–Trinajstić information content (AvgIpc) is 3.30. The summed E-state index contributed by atoms with van der Waals surface area (Å²) in [6, 6.07) is 2.93. The monoisotopic (exact) mass is 300 g/mol. The standard InChI is InChI=1S/C15H18N4O.C2H6/c1-8-6-12-13-14(18-10(3)17-12)19(11-4-5-11)9(2)7-20-15(13)16-8;1-2/h6,9,11H,4-5,7H2,1-3H3;1-2H3. The van der Waals surface area contributed by atoms with Gasteiger partial charge in [-0.3, -0.25) is 0 Å².